The van der Waals surface area contributed by atoms with Crippen molar-refractivity contribution in [3.05, 3.63) is 45.4 Å². The van der Waals surface area contributed by atoms with E-state index in [1.54, 1.807) is 18.2 Å². The Hall–Kier alpha value is -2.53. The Kier molecular flexibility index (Phi) is 9.64. The number of nitrogens with one attached hydrogen (secondary N) is 2. The van der Waals surface area contributed by atoms with Gasteiger partial charge < -0.3 is 20.3 Å². The predicted octanol–water partition coefficient (Wildman–Crippen LogP) is 4.79. The molecule has 1 aromatic heterocycles. The van der Waals surface area contributed by atoms with Crippen molar-refractivity contribution >= 4 is 52.0 Å². The van der Waals surface area contributed by atoms with Crippen LogP contribution >= 0.6 is 22.9 Å². The fraction of sp³-hybridized carbons (Fsp3) is 0.536. The highest BCUT2D eigenvalue weighted by Gasteiger charge is 2.33. The van der Waals surface area contributed by atoms with Gasteiger partial charge in [0, 0.05) is 31.9 Å². The van der Waals surface area contributed by atoms with Crippen LogP contribution in [0.25, 0.3) is 0 Å². The van der Waals surface area contributed by atoms with Crippen molar-refractivity contribution < 1.29 is 23.5 Å². The van der Waals surface area contributed by atoms with Crippen LogP contribution in [0.3, 0.4) is 0 Å². The molecule has 1 aromatic carbocycles. The number of benzene rings is 1. The van der Waals surface area contributed by atoms with Gasteiger partial charge in [0.15, 0.2) is 0 Å². The van der Waals surface area contributed by atoms with Gasteiger partial charge in [-0.15, -0.1) is 11.3 Å². The van der Waals surface area contributed by atoms with E-state index in [1.807, 2.05) is 0 Å². The summed E-state index contributed by atoms with van der Waals surface area (Å²) in [4.78, 5) is 42.7. The second-order valence-electron chi connectivity index (χ2n) is 11.4. The maximum absolute atomic E-state index is 15.2. The van der Waals surface area contributed by atoms with Crippen LogP contribution in [0, 0.1) is 17.2 Å². The zero-order chi connectivity index (χ0) is 28.2. The molecule has 2 aromatic rings. The number of rotatable bonds is 10. The molecule has 8 nitrogen and oxygen atoms in total. The molecule has 39 heavy (non-hydrogen) atoms. The van der Waals surface area contributed by atoms with Crippen molar-refractivity contribution in [1.29, 1.82) is 0 Å². The number of amides is 3. The quantitative estimate of drug-likeness (QED) is 0.423. The Bertz CT molecular complexity index is 1200. The molecule has 212 valence electrons. The van der Waals surface area contributed by atoms with E-state index in [-0.39, 0.29) is 36.1 Å². The van der Waals surface area contributed by atoms with Gasteiger partial charge in [-0.25, -0.2) is 4.39 Å². The van der Waals surface area contributed by atoms with E-state index in [2.05, 4.69) is 36.3 Å². The molecule has 0 spiro atoms. The molecule has 11 heteroatoms. The minimum Gasteiger partial charge on any atom is -0.370 e. The van der Waals surface area contributed by atoms with E-state index in [0.717, 1.165) is 19.4 Å². The van der Waals surface area contributed by atoms with Gasteiger partial charge >= 0.3 is 0 Å². The molecule has 1 aliphatic carbocycles. The van der Waals surface area contributed by atoms with Gasteiger partial charge in [0.2, 0.25) is 5.91 Å². The third kappa shape index (κ3) is 8.00. The minimum absolute atomic E-state index is 0.0187. The monoisotopic (exact) mass is 578 g/mol. The first-order valence-electron chi connectivity index (χ1n) is 13.3. The van der Waals surface area contributed by atoms with Crippen LogP contribution in [0.5, 0.6) is 0 Å². The Morgan fingerprint density at radius 1 is 1.26 bits per heavy atom. The number of morpholine rings is 1. The highest BCUT2D eigenvalue weighted by molar-refractivity contribution is 7.18. The lowest BCUT2D eigenvalue weighted by Gasteiger charge is -2.40. The minimum atomic E-state index is -0.718. The lowest BCUT2D eigenvalue weighted by Crippen LogP contribution is -2.54. The molecule has 0 bridgehead atoms. The summed E-state index contributed by atoms with van der Waals surface area (Å²) >= 11 is 7.17. The Morgan fingerprint density at radius 2 is 2.03 bits per heavy atom. The van der Waals surface area contributed by atoms with Crippen LogP contribution in [-0.4, -0.2) is 68.1 Å². The number of nitrogens with zero attached hydrogens (tertiary/aromatic N) is 2. The fourth-order valence-corrected chi connectivity index (χ4v) is 5.76. The van der Waals surface area contributed by atoms with E-state index < -0.39 is 17.8 Å². The van der Waals surface area contributed by atoms with Crippen LogP contribution in [0.4, 0.5) is 15.8 Å². The van der Waals surface area contributed by atoms with Crippen molar-refractivity contribution in [2.45, 2.75) is 46.1 Å². The molecular formula is C28H36ClFN4O4S. The number of halogens is 2. The first kappa shape index (κ1) is 29.5. The standard InChI is InChI=1S/C28H36ClFN4O4S/c1-28(2,3)17-33(15-18-5-4-6-18)22(14-31-27(37)23-9-10-24(29)39-23)26(36)32-21-8-7-19(13-20(21)30)34-11-12-38-16-25(34)35/h7-10,13,18,22H,4-6,11-12,14-17H2,1-3H3,(H,31,37)(H,32,36)/t22-/m1/s1. The molecule has 4 rings (SSSR count). The largest absolute Gasteiger partial charge is 0.370 e. The second kappa shape index (κ2) is 12.8. The average Bonchev–Trinajstić information content (AvgIpc) is 3.28. The first-order chi connectivity index (χ1) is 18.5. The maximum Gasteiger partial charge on any atom is 0.261 e. The van der Waals surface area contributed by atoms with Gasteiger partial charge in [0.05, 0.1) is 21.5 Å². The number of thiophene rings is 1. The summed E-state index contributed by atoms with van der Waals surface area (Å²) in [6.45, 7) is 8.39. The van der Waals surface area contributed by atoms with E-state index in [4.69, 9.17) is 16.3 Å². The third-order valence-corrected chi connectivity index (χ3v) is 8.13. The number of carbonyl (C=O) groups is 3. The van der Waals surface area contributed by atoms with Gasteiger partial charge in [-0.1, -0.05) is 38.8 Å². The van der Waals surface area contributed by atoms with E-state index in [1.165, 1.54) is 34.8 Å². The van der Waals surface area contributed by atoms with Gasteiger partial charge in [-0.05, 0) is 54.5 Å². The average molecular weight is 579 g/mol. The number of carbonyl (C=O) groups excluding carboxylic acids is 3. The van der Waals surface area contributed by atoms with E-state index in [9.17, 15) is 14.4 Å². The molecule has 3 amide bonds. The van der Waals surface area contributed by atoms with E-state index >= 15 is 4.39 Å². The van der Waals surface area contributed by atoms with Crippen LogP contribution in [0.15, 0.2) is 30.3 Å². The molecule has 1 saturated heterocycles. The molecule has 1 aliphatic heterocycles. The lowest BCUT2D eigenvalue weighted by molar-refractivity contribution is -0.125. The Balaban J connectivity index is 1.53. The van der Waals surface area contributed by atoms with Crippen LogP contribution in [0.2, 0.25) is 4.34 Å². The third-order valence-electron chi connectivity index (χ3n) is 6.90. The second-order valence-corrected chi connectivity index (χ2v) is 13.1. The van der Waals surface area contributed by atoms with Crippen molar-refractivity contribution in [1.82, 2.24) is 10.2 Å². The smallest absolute Gasteiger partial charge is 0.261 e. The number of hydrogen-bond acceptors (Lipinski definition) is 6. The summed E-state index contributed by atoms with van der Waals surface area (Å²) < 4.78 is 20.8. The van der Waals surface area contributed by atoms with Crippen molar-refractivity contribution in [2.24, 2.45) is 11.3 Å². The summed E-state index contributed by atoms with van der Waals surface area (Å²) in [6.07, 6.45) is 3.38. The summed E-state index contributed by atoms with van der Waals surface area (Å²) in [6, 6.07) is 6.91. The summed E-state index contributed by atoms with van der Waals surface area (Å²) in [5, 5.41) is 5.63. The Labute approximate surface area is 237 Å². The molecule has 1 saturated carbocycles. The summed E-state index contributed by atoms with van der Waals surface area (Å²) in [7, 11) is 0. The first-order valence-corrected chi connectivity index (χ1v) is 14.5. The van der Waals surface area contributed by atoms with Gasteiger partial charge in [0.25, 0.3) is 11.8 Å². The lowest BCUT2D eigenvalue weighted by atomic mass is 9.84. The molecule has 2 fully saturated rings. The highest BCUT2D eigenvalue weighted by atomic mass is 35.5. The normalized spacial score (nSPS) is 17.2. The van der Waals surface area contributed by atoms with Crippen LogP contribution in [-0.2, 0) is 14.3 Å². The van der Waals surface area contributed by atoms with E-state index in [0.29, 0.717) is 40.5 Å². The zero-order valence-electron chi connectivity index (χ0n) is 22.6. The van der Waals surface area contributed by atoms with Crippen LogP contribution in [0.1, 0.15) is 49.7 Å². The summed E-state index contributed by atoms with van der Waals surface area (Å²) in [5.41, 5.74) is 0.326. The molecule has 0 radical (unpaired) electrons. The van der Waals surface area contributed by atoms with Crippen molar-refractivity contribution in [3.63, 3.8) is 0 Å². The SMILES string of the molecule is CC(C)(C)CN(CC1CCC1)[C@H](CNC(=O)c1ccc(Cl)s1)C(=O)Nc1ccc(N2CCOCC2=O)cc1F. The number of hydrogen-bond donors (Lipinski definition) is 2. The maximum atomic E-state index is 15.2. The van der Waals surface area contributed by atoms with Crippen LogP contribution < -0.4 is 15.5 Å². The topological polar surface area (TPSA) is 91.0 Å². The van der Waals surface area contributed by atoms with Gasteiger partial charge in [0.1, 0.15) is 18.5 Å². The molecule has 0 unspecified atom stereocenters. The molecular weight excluding hydrogens is 543 g/mol. The Morgan fingerprint density at radius 3 is 2.62 bits per heavy atom. The number of ether oxygens (including phenoxy) is 1. The van der Waals surface area contributed by atoms with Crippen molar-refractivity contribution in [2.75, 3.05) is 49.6 Å². The van der Waals surface area contributed by atoms with Gasteiger partial charge in [-0.2, -0.15) is 0 Å². The van der Waals surface area contributed by atoms with Gasteiger partial charge in [-0.3, -0.25) is 19.3 Å². The predicted molar refractivity (Wildman–Crippen MR) is 152 cm³/mol. The number of anilines is 2. The molecule has 2 heterocycles. The zero-order valence-corrected chi connectivity index (χ0v) is 24.2. The summed E-state index contributed by atoms with van der Waals surface area (Å²) in [5.74, 6) is -1.12. The molecule has 1 atom stereocenters. The van der Waals surface area contributed by atoms with Crippen molar-refractivity contribution in [3.8, 4) is 0 Å². The molecule has 2 N–H and O–H groups in total. The highest BCUT2D eigenvalue weighted by Crippen LogP contribution is 2.30. The molecule has 2 aliphatic rings. The fourth-order valence-electron chi connectivity index (χ4n) is 4.80.